The molecule has 7 heteroatoms. The van der Waals surface area contributed by atoms with Gasteiger partial charge in [-0.05, 0) is 38.0 Å². The average Bonchev–Trinajstić information content (AvgIpc) is 3.08. The number of rotatable bonds is 6. The quantitative estimate of drug-likeness (QED) is 0.541. The fraction of sp³-hybridized carbons (Fsp3) is 0.409. The Balaban J connectivity index is 0.000000296. The van der Waals surface area contributed by atoms with Gasteiger partial charge in [-0.3, -0.25) is 4.99 Å². The van der Waals surface area contributed by atoms with Gasteiger partial charge in [-0.2, -0.15) is 10.4 Å². The van der Waals surface area contributed by atoms with Crippen molar-refractivity contribution in [3.05, 3.63) is 53.2 Å². The van der Waals surface area contributed by atoms with Crippen molar-refractivity contribution in [3.63, 3.8) is 0 Å². The lowest BCUT2D eigenvalue weighted by Crippen LogP contribution is -2.32. The second kappa shape index (κ2) is 11.7. The summed E-state index contributed by atoms with van der Waals surface area (Å²) in [5.41, 5.74) is 10.9. The van der Waals surface area contributed by atoms with Crippen LogP contribution < -0.4 is 11.2 Å². The molecule has 1 aromatic carbocycles. The summed E-state index contributed by atoms with van der Waals surface area (Å²) in [5, 5.41) is 12.5. The van der Waals surface area contributed by atoms with Gasteiger partial charge >= 0.3 is 0 Å². The SMILES string of the molecule is C=C(C)c1c(F)cc(C#N)cc1F.CCCCN=C(C)/C(=C\N)C1NN=CC1C. The smallest absolute Gasteiger partial charge is 0.134 e. The number of aliphatic imine (C=N–C) groups is 1. The first-order valence-electron chi connectivity index (χ1n) is 9.53. The predicted molar refractivity (Wildman–Crippen MR) is 116 cm³/mol. The van der Waals surface area contributed by atoms with Crippen molar-refractivity contribution in [1.29, 1.82) is 5.26 Å². The molecule has 2 unspecified atom stereocenters. The molecule has 1 heterocycles. The molecule has 5 nitrogen and oxygen atoms in total. The first-order chi connectivity index (χ1) is 13.8. The average molecular weight is 402 g/mol. The molecule has 0 fully saturated rings. The molecule has 1 aromatic rings. The van der Waals surface area contributed by atoms with Crippen LogP contribution in [0, 0.1) is 28.9 Å². The number of benzene rings is 1. The molecule has 0 saturated heterocycles. The highest BCUT2D eigenvalue weighted by atomic mass is 19.1. The number of hydrogen-bond acceptors (Lipinski definition) is 5. The summed E-state index contributed by atoms with van der Waals surface area (Å²) in [5.74, 6) is -1.13. The van der Waals surface area contributed by atoms with E-state index in [0.29, 0.717) is 11.5 Å². The first kappa shape index (κ1) is 24.0. The topological polar surface area (TPSA) is 86.6 Å². The highest BCUT2D eigenvalue weighted by Crippen LogP contribution is 2.21. The lowest BCUT2D eigenvalue weighted by Gasteiger charge is -2.18. The monoisotopic (exact) mass is 401 g/mol. The first-order valence-corrected chi connectivity index (χ1v) is 9.53. The largest absolute Gasteiger partial charge is 0.404 e. The Morgan fingerprint density at radius 1 is 1.38 bits per heavy atom. The van der Waals surface area contributed by atoms with Gasteiger partial charge in [0.1, 0.15) is 11.6 Å². The van der Waals surface area contributed by atoms with Crippen LogP contribution >= 0.6 is 0 Å². The van der Waals surface area contributed by atoms with Crippen LogP contribution in [0.15, 0.2) is 40.6 Å². The maximum atomic E-state index is 13.1. The van der Waals surface area contributed by atoms with E-state index < -0.39 is 11.6 Å². The number of halogens is 2. The van der Waals surface area contributed by atoms with Crippen LogP contribution in [0.3, 0.4) is 0 Å². The van der Waals surface area contributed by atoms with Gasteiger partial charge in [0.25, 0.3) is 0 Å². The highest BCUT2D eigenvalue weighted by Gasteiger charge is 2.24. The third kappa shape index (κ3) is 6.83. The number of unbranched alkanes of at least 4 members (excludes halogenated alkanes) is 1. The summed E-state index contributed by atoms with van der Waals surface area (Å²) in [4.78, 5) is 4.54. The van der Waals surface area contributed by atoms with Crippen LogP contribution in [0.25, 0.3) is 5.57 Å². The third-order valence-electron chi connectivity index (χ3n) is 4.44. The number of nitrogens with one attached hydrogen (secondary N) is 1. The molecule has 0 saturated carbocycles. The Morgan fingerprint density at radius 3 is 2.41 bits per heavy atom. The Hall–Kier alpha value is -3.01. The second-order valence-corrected chi connectivity index (χ2v) is 6.89. The van der Waals surface area contributed by atoms with E-state index >= 15 is 0 Å². The van der Waals surface area contributed by atoms with Crippen molar-refractivity contribution in [1.82, 2.24) is 5.43 Å². The van der Waals surface area contributed by atoms with Crippen LogP contribution in [0.5, 0.6) is 0 Å². The summed E-state index contributed by atoms with van der Waals surface area (Å²) >= 11 is 0. The minimum absolute atomic E-state index is 0.0278. The van der Waals surface area contributed by atoms with Crippen LogP contribution in [0.1, 0.15) is 51.7 Å². The fourth-order valence-electron chi connectivity index (χ4n) is 2.79. The predicted octanol–water partition coefficient (Wildman–Crippen LogP) is 4.55. The number of nitrogens with two attached hydrogens (primary N) is 1. The number of hydrogen-bond donors (Lipinski definition) is 2. The van der Waals surface area contributed by atoms with Crippen molar-refractivity contribution in [3.8, 4) is 6.07 Å². The Bertz CT molecular complexity index is 826. The molecule has 3 N–H and O–H groups in total. The number of allylic oxidation sites excluding steroid dienone is 1. The van der Waals surface area contributed by atoms with E-state index in [1.54, 1.807) is 12.3 Å². The minimum atomic E-state index is -0.746. The van der Waals surface area contributed by atoms with E-state index in [9.17, 15) is 8.78 Å². The van der Waals surface area contributed by atoms with E-state index in [0.717, 1.165) is 36.4 Å². The lowest BCUT2D eigenvalue weighted by atomic mass is 9.94. The molecule has 0 spiro atoms. The van der Waals surface area contributed by atoms with Crippen molar-refractivity contribution in [2.45, 2.75) is 46.6 Å². The van der Waals surface area contributed by atoms with E-state index in [1.165, 1.54) is 13.3 Å². The van der Waals surface area contributed by atoms with E-state index in [1.807, 2.05) is 13.1 Å². The summed E-state index contributed by atoms with van der Waals surface area (Å²) in [7, 11) is 0. The van der Waals surface area contributed by atoms with Crippen molar-refractivity contribution < 1.29 is 8.78 Å². The molecule has 0 aliphatic carbocycles. The van der Waals surface area contributed by atoms with Gasteiger partial charge in [0.2, 0.25) is 0 Å². The molecule has 0 aromatic heterocycles. The van der Waals surface area contributed by atoms with Gasteiger partial charge in [0.05, 0.1) is 17.7 Å². The molecule has 29 heavy (non-hydrogen) atoms. The van der Waals surface area contributed by atoms with Gasteiger partial charge in [-0.15, -0.1) is 0 Å². The van der Waals surface area contributed by atoms with Gasteiger partial charge in [0.15, 0.2) is 0 Å². The summed E-state index contributed by atoms with van der Waals surface area (Å²) in [6, 6.07) is 3.83. The minimum Gasteiger partial charge on any atom is -0.404 e. The van der Waals surface area contributed by atoms with Crippen LogP contribution in [-0.2, 0) is 0 Å². The van der Waals surface area contributed by atoms with Crippen LogP contribution in [0.2, 0.25) is 0 Å². The maximum Gasteiger partial charge on any atom is 0.134 e. The third-order valence-corrected chi connectivity index (χ3v) is 4.44. The highest BCUT2D eigenvalue weighted by molar-refractivity contribution is 6.00. The van der Waals surface area contributed by atoms with Gasteiger partial charge < -0.3 is 11.2 Å². The van der Waals surface area contributed by atoms with Crippen molar-refractivity contribution in [2.24, 2.45) is 21.7 Å². The zero-order valence-corrected chi connectivity index (χ0v) is 17.5. The molecule has 2 atom stereocenters. The standard InChI is InChI=1S/C12H22N4.C10H7F2N/c1-4-5-6-14-10(3)11(7-13)12-9(2)8-15-16-12;1-6(2)10-8(11)3-7(5-13)4-9(10)12/h7-9,12,16H,4-6,13H2,1-3H3;3-4H,1H2,2H3/b11-7+,14-10?;. The molecular weight excluding hydrogens is 372 g/mol. The lowest BCUT2D eigenvalue weighted by molar-refractivity contribution is 0.576. The summed E-state index contributed by atoms with van der Waals surface area (Å²) in [6.45, 7) is 12.1. The van der Waals surface area contributed by atoms with E-state index in [-0.39, 0.29) is 17.2 Å². The molecule has 1 aliphatic heterocycles. The molecule has 2 rings (SSSR count). The summed E-state index contributed by atoms with van der Waals surface area (Å²) in [6.07, 6.45) is 5.85. The molecule has 0 bridgehead atoms. The molecule has 1 aliphatic rings. The molecule has 0 radical (unpaired) electrons. The van der Waals surface area contributed by atoms with Crippen molar-refractivity contribution in [2.75, 3.05) is 6.54 Å². The van der Waals surface area contributed by atoms with Crippen LogP contribution in [0.4, 0.5) is 8.78 Å². The number of nitriles is 1. The second-order valence-electron chi connectivity index (χ2n) is 6.89. The Kier molecular flexibility index (Phi) is 9.73. The Morgan fingerprint density at radius 2 is 2.00 bits per heavy atom. The van der Waals surface area contributed by atoms with Crippen molar-refractivity contribution >= 4 is 17.5 Å². The number of hydrazone groups is 1. The molecular formula is C22H29F2N5. The number of nitrogens with zero attached hydrogens (tertiary/aromatic N) is 3. The van der Waals surface area contributed by atoms with Crippen LogP contribution in [-0.4, -0.2) is 24.5 Å². The zero-order valence-electron chi connectivity index (χ0n) is 17.5. The normalized spacial score (nSPS) is 18.5. The molecule has 0 amide bonds. The summed E-state index contributed by atoms with van der Waals surface area (Å²) < 4.78 is 26.2. The Labute approximate surface area is 171 Å². The van der Waals surface area contributed by atoms with Gasteiger partial charge in [-0.1, -0.05) is 26.8 Å². The van der Waals surface area contributed by atoms with Gasteiger partial charge in [-0.25, -0.2) is 8.78 Å². The fourth-order valence-corrected chi connectivity index (χ4v) is 2.79. The van der Waals surface area contributed by atoms with E-state index in [4.69, 9.17) is 11.0 Å². The van der Waals surface area contributed by atoms with E-state index in [2.05, 4.69) is 35.9 Å². The van der Waals surface area contributed by atoms with Gasteiger partial charge in [0, 0.05) is 41.7 Å². The molecule has 156 valence electrons. The zero-order chi connectivity index (χ0) is 22.0. The maximum absolute atomic E-state index is 13.1.